The van der Waals surface area contributed by atoms with Crippen molar-refractivity contribution in [2.75, 3.05) is 26.2 Å². The minimum absolute atomic E-state index is 0.0412. The molecule has 1 aliphatic rings. The highest BCUT2D eigenvalue weighted by Gasteiger charge is 2.30. The third-order valence-corrected chi connectivity index (χ3v) is 8.00. The Hall–Kier alpha value is -2.76. The van der Waals surface area contributed by atoms with E-state index in [-0.39, 0.29) is 30.4 Å². The number of thiazole rings is 1. The molecular weight excluding hydrogens is 441 g/mol. The van der Waals surface area contributed by atoms with Crippen molar-refractivity contribution in [3.05, 3.63) is 59.1 Å². The summed E-state index contributed by atoms with van der Waals surface area (Å²) in [7, 11) is -3.75. The van der Waals surface area contributed by atoms with Crippen LogP contribution in [-0.2, 0) is 10.0 Å². The fraction of sp³-hybridized carbons (Fsp3) is 0.300. The van der Waals surface area contributed by atoms with E-state index in [0.717, 1.165) is 12.1 Å². The lowest BCUT2D eigenvalue weighted by atomic mass is 10.3. The number of sulfonamides is 1. The van der Waals surface area contributed by atoms with Crippen molar-refractivity contribution in [3.63, 3.8) is 0 Å². The lowest BCUT2D eigenvalue weighted by Gasteiger charge is -2.21. The predicted molar refractivity (Wildman–Crippen MR) is 114 cm³/mol. The number of aromatic nitrogens is 3. The quantitative estimate of drug-likeness (QED) is 0.593. The van der Waals surface area contributed by atoms with Crippen LogP contribution in [0.15, 0.2) is 47.6 Å². The van der Waals surface area contributed by atoms with Gasteiger partial charge in [-0.05, 0) is 43.7 Å². The summed E-state index contributed by atoms with van der Waals surface area (Å²) in [5, 5.41) is 0.566. The van der Waals surface area contributed by atoms with Crippen molar-refractivity contribution in [1.29, 1.82) is 0 Å². The van der Waals surface area contributed by atoms with Gasteiger partial charge in [0.2, 0.25) is 10.0 Å². The maximum atomic E-state index is 13.2. The van der Waals surface area contributed by atoms with E-state index in [1.54, 1.807) is 30.3 Å². The molecule has 8 nitrogen and oxygen atoms in total. The highest BCUT2D eigenvalue weighted by Crippen LogP contribution is 2.27. The molecule has 1 aromatic carbocycles. The van der Waals surface area contributed by atoms with E-state index in [2.05, 4.69) is 15.0 Å². The summed E-state index contributed by atoms with van der Waals surface area (Å²) in [6, 6.07) is 6.47. The van der Waals surface area contributed by atoms with Crippen LogP contribution in [0, 0.1) is 12.7 Å². The van der Waals surface area contributed by atoms with E-state index >= 15 is 0 Å². The molecule has 11 heteroatoms. The van der Waals surface area contributed by atoms with Crippen molar-refractivity contribution in [2.45, 2.75) is 18.2 Å². The zero-order valence-electron chi connectivity index (χ0n) is 16.7. The summed E-state index contributed by atoms with van der Waals surface area (Å²) in [6.45, 7) is 2.90. The number of amides is 1. The Bertz CT molecular complexity index is 1180. The normalized spacial score (nSPS) is 15.6. The molecular formula is C20H20FN5O3S2. The minimum Gasteiger partial charge on any atom is -0.337 e. The number of aryl methyl sites for hydroxylation is 1. The second kappa shape index (κ2) is 8.77. The molecule has 0 atom stereocenters. The number of halogens is 1. The number of nitrogens with zero attached hydrogens (tertiary/aromatic N) is 5. The third-order valence-electron chi connectivity index (χ3n) is 4.94. The predicted octanol–water partition coefficient (Wildman–Crippen LogP) is 2.58. The third kappa shape index (κ3) is 4.48. The van der Waals surface area contributed by atoms with E-state index in [9.17, 15) is 17.6 Å². The van der Waals surface area contributed by atoms with Gasteiger partial charge in [-0.2, -0.15) is 4.31 Å². The van der Waals surface area contributed by atoms with E-state index < -0.39 is 15.8 Å². The first-order chi connectivity index (χ1) is 14.9. The minimum atomic E-state index is -3.75. The van der Waals surface area contributed by atoms with Gasteiger partial charge in [-0.1, -0.05) is 0 Å². The van der Waals surface area contributed by atoms with Crippen LogP contribution in [0.25, 0.3) is 10.8 Å². The summed E-state index contributed by atoms with van der Waals surface area (Å²) in [5.74, 6) is -0.216. The summed E-state index contributed by atoms with van der Waals surface area (Å²) in [5.41, 5.74) is 0.595. The molecule has 1 aliphatic heterocycles. The Morgan fingerprint density at radius 1 is 1.06 bits per heavy atom. The van der Waals surface area contributed by atoms with Crippen LogP contribution in [0.1, 0.15) is 21.8 Å². The van der Waals surface area contributed by atoms with Gasteiger partial charge in [-0.3, -0.25) is 4.79 Å². The zero-order chi connectivity index (χ0) is 22.0. The second-order valence-electron chi connectivity index (χ2n) is 7.01. The maximum Gasteiger partial charge on any atom is 0.265 e. The summed E-state index contributed by atoms with van der Waals surface area (Å²) in [4.78, 5) is 28.1. The first-order valence-electron chi connectivity index (χ1n) is 9.66. The fourth-order valence-electron chi connectivity index (χ4n) is 3.34. The molecule has 3 heterocycles. The lowest BCUT2D eigenvalue weighted by Crippen LogP contribution is -2.37. The van der Waals surface area contributed by atoms with Crippen LogP contribution < -0.4 is 0 Å². The van der Waals surface area contributed by atoms with E-state index in [4.69, 9.17) is 0 Å². The Kier molecular flexibility index (Phi) is 6.08. The van der Waals surface area contributed by atoms with Crippen molar-refractivity contribution in [1.82, 2.24) is 24.2 Å². The molecule has 0 spiro atoms. The Labute approximate surface area is 183 Å². The number of carbonyl (C=O) groups is 1. The molecule has 0 unspecified atom stereocenters. The highest BCUT2D eigenvalue weighted by atomic mass is 32.2. The van der Waals surface area contributed by atoms with Crippen LogP contribution in [0.3, 0.4) is 0 Å². The van der Waals surface area contributed by atoms with Gasteiger partial charge in [0, 0.05) is 38.6 Å². The van der Waals surface area contributed by atoms with Crippen molar-refractivity contribution in [2.24, 2.45) is 0 Å². The average molecular weight is 462 g/mol. The van der Waals surface area contributed by atoms with Gasteiger partial charge in [-0.25, -0.2) is 27.8 Å². The van der Waals surface area contributed by atoms with Gasteiger partial charge in [0.05, 0.1) is 10.6 Å². The Morgan fingerprint density at radius 3 is 2.48 bits per heavy atom. The van der Waals surface area contributed by atoms with Gasteiger partial charge in [0.15, 0.2) is 10.8 Å². The molecule has 1 amide bonds. The molecule has 1 fully saturated rings. The first-order valence-corrected chi connectivity index (χ1v) is 11.9. The number of hydrogen-bond donors (Lipinski definition) is 0. The standard InChI is InChI=1S/C20H20FN5O3S2/c1-14-17(30-19(24-14)18-22-8-2-9-23-18)20(27)25-10-3-11-26(13-12-25)31(28,29)16-6-4-15(21)5-7-16/h2,4-9H,3,10-13H2,1H3. The summed E-state index contributed by atoms with van der Waals surface area (Å²) >= 11 is 1.23. The molecule has 0 aliphatic carbocycles. The number of hydrogen-bond acceptors (Lipinski definition) is 7. The topological polar surface area (TPSA) is 96.4 Å². The molecule has 4 rings (SSSR count). The van der Waals surface area contributed by atoms with E-state index in [1.807, 2.05) is 0 Å². The first kappa shape index (κ1) is 21.5. The van der Waals surface area contributed by atoms with Gasteiger partial charge in [0.25, 0.3) is 5.91 Å². The Morgan fingerprint density at radius 2 is 1.77 bits per heavy atom. The van der Waals surface area contributed by atoms with Crippen LogP contribution in [0.4, 0.5) is 4.39 Å². The van der Waals surface area contributed by atoms with Crippen LogP contribution in [0.5, 0.6) is 0 Å². The smallest absolute Gasteiger partial charge is 0.265 e. The maximum absolute atomic E-state index is 13.2. The molecule has 0 bridgehead atoms. The molecule has 0 N–H and O–H groups in total. The molecule has 0 saturated carbocycles. The average Bonchev–Trinajstić information content (AvgIpc) is 2.98. The van der Waals surface area contributed by atoms with Crippen LogP contribution >= 0.6 is 11.3 Å². The Balaban J connectivity index is 1.49. The number of rotatable bonds is 4. The van der Waals surface area contributed by atoms with Crippen LogP contribution in [-0.4, -0.2) is 64.7 Å². The number of carbonyl (C=O) groups excluding carboxylic acids is 1. The van der Waals surface area contributed by atoms with Gasteiger partial charge in [-0.15, -0.1) is 11.3 Å². The molecule has 1 saturated heterocycles. The zero-order valence-corrected chi connectivity index (χ0v) is 18.4. The molecule has 3 aromatic rings. The molecule has 2 aromatic heterocycles. The van der Waals surface area contributed by atoms with E-state index in [1.165, 1.54) is 27.8 Å². The largest absolute Gasteiger partial charge is 0.337 e. The number of benzene rings is 1. The van der Waals surface area contributed by atoms with Crippen LogP contribution in [0.2, 0.25) is 0 Å². The van der Waals surface area contributed by atoms with Crippen molar-refractivity contribution in [3.8, 4) is 10.8 Å². The fourth-order valence-corrected chi connectivity index (χ4v) is 5.79. The lowest BCUT2D eigenvalue weighted by molar-refractivity contribution is 0.0768. The summed E-state index contributed by atoms with van der Waals surface area (Å²) < 4.78 is 40.3. The van der Waals surface area contributed by atoms with Gasteiger partial charge >= 0.3 is 0 Å². The monoisotopic (exact) mass is 461 g/mol. The van der Waals surface area contributed by atoms with E-state index in [0.29, 0.717) is 34.4 Å². The van der Waals surface area contributed by atoms with Gasteiger partial charge in [0.1, 0.15) is 10.7 Å². The summed E-state index contributed by atoms with van der Waals surface area (Å²) in [6.07, 6.45) is 3.73. The van der Waals surface area contributed by atoms with Gasteiger partial charge < -0.3 is 4.90 Å². The molecule has 0 radical (unpaired) electrons. The van der Waals surface area contributed by atoms with Crippen molar-refractivity contribution >= 4 is 27.3 Å². The second-order valence-corrected chi connectivity index (χ2v) is 9.95. The molecule has 162 valence electrons. The SMILES string of the molecule is Cc1nc(-c2ncccn2)sc1C(=O)N1CCCN(S(=O)(=O)c2ccc(F)cc2)CC1. The molecule has 31 heavy (non-hydrogen) atoms. The highest BCUT2D eigenvalue weighted by molar-refractivity contribution is 7.89. The van der Waals surface area contributed by atoms with Crippen molar-refractivity contribution < 1.29 is 17.6 Å².